The van der Waals surface area contributed by atoms with Crippen molar-refractivity contribution in [1.29, 1.82) is 0 Å². The Balaban J connectivity index is 0.000000216. The smallest absolute Gasteiger partial charge is 0.545 e. The fourth-order valence-electron chi connectivity index (χ4n) is 4.59. The fourth-order valence-corrected chi connectivity index (χ4v) is 4.59. The SMILES string of the molecule is CC1=NN(c2ccccc2)C(=O)C1N=Nc1ccccc1C(=O)[O-].CC1=NN(c2ccccc2)C(=O)C1N=Nc1ccccc1C(=O)[O-].[Cr+2]. The molecule has 49 heavy (non-hydrogen) atoms. The third-order valence-corrected chi connectivity index (χ3v) is 7.00. The van der Waals surface area contributed by atoms with Gasteiger partial charge >= 0.3 is 17.4 Å². The second-order valence-corrected chi connectivity index (χ2v) is 10.3. The molecule has 14 nitrogen and oxygen atoms in total. The molecule has 2 aliphatic heterocycles. The molecule has 4 aromatic carbocycles. The van der Waals surface area contributed by atoms with Crippen LogP contribution in [0, 0.1) is 0 Å². The Morgan fingerprint density at radius 1 is 0.571 bits per heavy atom. The third kappa shape index (κ3) is 8.22. The molecule has 2 aliphatic rings. The van der Waals surface area contributed by atoms with E-state index in [-0.39, 0.29) is 51.7 Å². The van der Waals surface area contributed by atoms with Gasteiger partial charge in [0, 0.05) is 11.1 Å². The van der Waals surface area contributed by atoms with E-state index in [1.807, 2.05) is 12.1 Å². The standard InChI is InChI=1S/2C17H14N4O3.Cr/c2*1-11-15(16(22)21(20-11)12-7-3-2-4-8-12)19-18-14-10-6-5-9-13(14)17(23)24;/h2*2-10,15H,1H3,(H,23,24);/q;;+2/p-2. The molecule has 0 saturated carbocycles. The van der Waals surface area contributed by atoms with E-state index in [1.54, 1.807) is 86.6 Å². The third-order valence-electron chi connectivity index (χ3n) is 7.00. The van der Waals surface area contributed by atoms with Crippen molar-refractivity contribution < 1.29 is 46.8 Å². The van der Waals surface area contributed by atoms with Gasteiger partial charge in [0.05, 0.1) is 46.1 Å². The molecule has 0 aromatic heterocycles. The van der Waals surface area contributed by atoms with Gasteiger partial charge in [-0.3, -0.25) is 9.59 Å². The first-order valence-electron chi connectivity index (χ1n) is 14.5. The fraction of sp³-hybridized carbons (Fsp3) is 0.118. The van der Waals surface area contributed by atoms with E-state index < -0.39 is 24.0 Å². The van der Waals surface area contributed by atoms with Crippen molar-refractivity contribution in [1.82, 2.24) is 0 Å². The zero-order valence-corrected chi connectivity index (χ0v) is 27.3. The Morgan fingerprint density at radius 3 is 1.24 bits per heavy atom. The molecular weight excluding hydrogens is 668 g/mol. The van der Waals surface area contributed by atoms with E-state index in [1.165, 1.54) is 34.3 Å². The molecule has 0 radical (unpaired) electrons. The van der Waals surface area contributed by atoms with Gasteiger partial charge in [0.15, 0.2) is 12.1 Å². The van der Waals surface area contributed by atoms with Crippen LogP contribution in [0.4, 0.5) is 22.7 Å². The minimum absolute atomic E-state index is 0. The summed E-state index contributed by atoms with van der Waals surface area (Å²) in [5, 5.41) is 48.9. The first-order chi connectivity index (χ1) is 23.2. The quantitative estimate of drug-likeness (QED) is 0.251. The number of para-hydroxylation sites is 2. The summed E-state index contributed by atoms with van der Waals surface area (Å²) in [7, 11) is 0. The van der Waals surface area contributed by atoms with Crippen LogP contribution < -0.4 is 20.2 Å². The normalized spacial score (nSPS) is 17.0. The van der Waals surface area contributed by atoms with Gasteiger partial charge in [-0.1, -0.05) is 72.8 Å². The van der Waals surface area contributed by atoms with Gasteiger partial charge in [0.25, 0.3) is 11.8 Å². The van der Waals surface area contributed by atoms with Crippen LogP contribution in [0.5, 0.6) is 0 Å². The number of hydrogen-bond acceptors (Lipinski definition) is 12. The number of carboxylic acid groups (broad SMARTS) is 2. The monoisotopic (exact) mass is 694 g/mol. The minimum Gasteiger partial charge on any atom is -0.545 e. The number of hydrazone groups is 2. The number of nitrogens with zero attached hydrogens (tertiary/aromatic N) is 8. The molecule has 0 aliphatic carbocycles. The van der Waals surface area contributed by atoms with E-state index in [0.29, 0.717) is 22.8 Å². The molecule has 2 atom stereocenters. The van der Waals surface area contributed by atoms with E-state index in [2.05, 4.69) is 30.7 Å². The zero-order chi connectivity index (χ0) is 34.2. The molecule has 2 heterocycles. The second kappa shape index (κ2) is 16.1. The Kier molecular flexibility index (Phi) is 11.7. The largest absolute Gasteiger partial charge is 2.00 e. The Labute approximate surface area is 290 Å². The van der Waals surface area contributed by atoms with Gasteiger partial charge in [-0.15, -0.1) is 0 Å². The van der Waals surface area contributed by atoms with Crippen molar-refractivity contribution in [2.24, 2.45) is 30.7 Å². The molecule has 0 spiro atoms. The average Bonchev–Trinajstić information content (AvgIpc) is 3.55. The number of anilines is 2. The molecule has 0 saturated heterocycles. The van der Waals surface area contributed by atoms with Crippen LogP contribution in [0.25, 0.3) is 0 Å². The molecule has 0 bridgehead atoms. The summed E-state index contributed by atoms with van der Waals surface area (Å²) in [5.41, 5.74) is 2.34. The molecule has 4 aromatic rings. The average molecular weight is 695 g/mol. The van der Waals surface area contributed by atoms with Crippen molar-refractivity contribution >= 4 is 57.9 Å². The number of amides is 2. The number of carbonyl (C=O) groups excluding carboxylic acids is 4. The van der Waals surface area contributed by atoms with Crippen LogP contribution in [-0.2, 0) is 27.0 Å². The Hall–Kier alpha value is -6.17. The summed E-state index contributed by atoms with van der Waals surface area (Å²) in [5.74, 6) is -3.38. The van der Waals surface area contributed by atoms with Crippen LogP contribution in [0.2, 0.25) is 0 Å². The minimum atomic E-state index is -1.35. The molecule has 2 amide bonds. The second-order valence-electron chi connectivity index (χ2n) is 10.3. The van der Waals surface area contributed by atoms with Gasteiger partial charge in [0.1, 0.15) is 0 Å². The number of aromatic carboxylic acids is 2. The summed E-state index contributed by atoms with van der Waals surface area (Å²) in [4.78, 5) is 47.1. The van der Waals surface area contributed by atoms with Gasteiger partial charge < -0.3 is 19.8 Å². The molecule has 15 heteroatoms. The van der Waals surface area contributed by atoms with Gasteiger partial charge in [0.2, 0.25) is 0 Å². The van der Waals surface area contributed by atoms with Gasteiger partial charge in [-0.05, 0) is 50.2 Å². The molecule has 244 valence electrons. The number of azo groups is 2. The first-order valence-corrected chi connectivity index (χ1v) is 14.5. The molecular formula is C34H26CrN8O6. The molecule has 0 fully saturated rings. The van der Waals surface area contributed by atoms with E-state index in [0.717, 1.165) is 0 Å². The number of rotatable bonds is 8. The van der Waals surface area contributed by atoms with Crippen molar-refractivity contribution in [3.8, 4) is 0 Å². The molecule has 2 unspecified atom stereocenters. The summed E-state index contributed by atoms with van der Waals surface area (Å²) < 4.78 is 0. The topological polar surface area (TPSA) is 195 Å². The van der Waals surface area contributed by atoms with Crippen LogP contribution in [0.3, 0.4) is 0 Å². The zero-order valence-electron chi connectivity index (χ0n) is 26.0. The van der Waals surface area contributed by atoms with Crippen molar-refractivity contribution in [2.75, 3.05) is 10.0 Å². The summed E-state index contributed by atoms with van der Waals surface area (Å²) in [6.07, 6.45) is 0. The Bertz CT molecular complexity index is 1840. The number of hydrogen-bond donors (Lipinski definition) is 0. The van der Waals surface area contributed by atoms with Crippen molar-refractivity contribution in [2.45, 2.75) is 25.9 Å². The summed E-state index contributed by atoms with van der Waals surface area (Å²) in [6, 6.07) is 28.3. The predicted molar refractivity (Wildman–Crippen MR) is 172 cm³/mol. The predicted octanol–water partition coefficient (Wildman–Crippen LogP) is 3.85. The summed E-state index contributed by atoms with van der Waals surface area (Å²) in [6.45, 7) is 3.35. The molecule has 6 rings (SSSR count). The maximum atomic E-state index is 12.5. The number of benzene rings is 4. The maximum Gasteiger partial charge on any atom is 2.00 e. The van der Waals surface area contributed by atoms with Crippen LogP contribution in [-0.4, -0.2) is 47.3 Å². The van der Waals surface area contributed by atoms with Crippen LogP contribution in [0.1, 0.15) is 34.6 Å². The van der Waals surface area contributed by atoms with Crippen molar-refractivity contribution in [3.05, 3.63) is 120 Å². The van der Waals surface area contributed by atoms with E-state index in [9.17, 15) is 29.4 Å². The number of carbonyl (C=O) groups is 4. The van der Waals surface area contributed by atoms with E-state index >= 15 is 0 Å². The van der Waals surface area contributed by atoms with Gasteiger partial charge in [-0.25, -0.2) is 0 Å². The number of carboxylic acids is 2. The van der Waals surface area contributed by atoms with Crippen LogP contribution in [0.15, 0.2) is 140 Å². The maximum absolute atomic E-state index is 12.5. The van der Waals surface area contributed by atoms with Crippen molar-refractivity contribution in [3.63, 3.8) is 0 Å². The van der Waals surface area contributed by atoms with E-state index in [4.69, 9.17) is 0 Å². The summed E-state index contributed by atoms with van der Waals surface area (Å²) >= 11 is 0. The van der Waals surface area contributed by atoms with Gasteiger partial charge in [-0.2, -0.15) is 40.7 Å². The Morgan fingerprint density at radius 2 is 0.898 bits per heavy atom. The molecule has 0 N–H and O–H groups in total. The van der Waals surface area contributed by atoms with Crippen LogP contribution >= 0.6 is 0 Å². The first kappa shape index (κ1) is 35.7.